The van der Waals surface area contributed by atoms with E-state index >= 15 is 0 Å². The monoisotopic (exact) mass is 221 g/mol. The molecule has 0 aliphatic rings. The number of nitrogens with one attached hydrogen (secondary N) is 1. The van der Waals surface area contributed by atoms with E-state index in [4.69, 9.17) is 0 Å². The lowest BCUT2D eigenvalue weighted by Gasteiger charge is -2.14. The van der Waals surface area contributed by atoms with Gasteiger partial charge in [-0.1, -0.05) is 30.3 Å². The third-order valence-electron chi connectivity index (χ3n) is 2.25. The molecule has 1 atom stereocenters. The van der Waals surface area contributed by atoms with Crippen molar-refractivity contribution < 1.29 is 14.3 Å². The second-order valence-electron chi connectivity index (χ2n) is 3.49. The quantitative estimate of drug-likeness (QED) is 0.839. The van der Waals surface area contributed by atoms with E-state index in [9.17, 15) is 9.59 Å². The zero-order chi connectivity index (χ0) is 12.0. The van der Waals surface area contributed by atoms with Gasteiger partial charge < -0.3 is 10.1 Å². The molecule has 1 N–H and O–H groups in total. The number of methoxy groups -OCH3 is 1. The van der Waals surface area contributed by atoms with Gasteiger partial charge in [-0.3, -0.25) is 4.79 Å². The summed E-state index contributed by atoms with van der Waals surface area (Å²) in [7, 11) is 1.27. The second kappa shape index (κ2) is 5.90. The van der Waals surface area contributed by atoms with Crippen molar-refractivity contribution in [1.82, 2.24) is 5.32 Å². The zero-order valence-corrected chi connectivity index (χ0v) is 9.40. The van der Waals surface area contributed by atoms with Crippen molar-refractivity contribution in [2.75, 3.05) is 7.11 Å². The van der Waals surface area contributed by atoms with Crippen molar-refractivity contribution in [3.8, 4) is 0 Å². The molecule has 4 nitrogen and oxygen atoms in total. The van der Waals surface area contributed by atoms with Crippen LogP contribution in [0.25, 0.3) is 0 Å². The minimum Gasteiger partial charge on any atom is -0.453 e. The SMILES string of the molecule is COC(=O)NC(Cc1ccccc1)C(C)=O. The lowest BCUT2D eigenvalue weighted by Crippen LogP contribution is -2.41. The Morgan fingerprint density at radius 1 is 1.31 bits per heavy atom. The summed E-state index contributed by atoms with van der Waals surface area (Å²) in [4.78, 5) is 22.4. The molecule has 0 aliphatic carbocycles. The van der Waals surface area contributed by atoms with E-state index in [1.165, 1.54) is 14.0 Å². The zero-order valence-electron chi connectivity index (χ0n) is 9.40. The molecule has 0 saturated carbocycles. The van der Waals surface area contributed by atoms with Gasteiger partial charge in [0.2, 0.25) is 0 Å². The van der Waals surface area contributed by atoms with Crippen LogP contribution in [-0.2, 0) is 16.0 Å². The summed E-state index contributed by atoms with van der Waals surface area (Å²) in [5, 5.41) is 2.50. The van der Waals surface area contributed by atoms with Crippen LogP contribution in [0, 0.1) is 0 Å². The minimum atomic E-state index is -0.587. The molecular formula is C12H15NO3. The number of ether oxygens (including phenoxy) is 1. The highest BCUT2D eigenvalue weighted by Crippen LogP contribution is 2.04. The summed E-state index contributed by atoms with van der Waals surface area (Å²) < 4.78 is 4.47. The van der Waals surface area contributed by atoms with E-state index in [1.54, 1.807) is 0 Å². The smallest absolute Gasteiger partial charge is 0.407 e. The van der Waals surface area contributed by atoms with E-state index in [-0.39, 0.29) is 5.78 Å². The van der Waals surface area contributed by atoms with Gasteiger partial charge in [0.05, 0.1) is 13.2 Å². The number of ketones is 1. The van der Waals surface area contributed by atoms with Gasteiger partial charge >= 0.3 is 6.09 Å². The normalized spacial score (nSPS) is 11.6. The molecule has 1 unspecified atom stereocenters. The standard InChI is InChI=1S/C12H15NO3/c1-9(14)11(13-12(15)16-2)8-10-6-4-3-5-7-10/h3-7,11H,8H2,1-2H3,(H,13,15). The Kier molecular flexibility index (Phi) is 4.51. The Morgan fingerprint density at radius 3 is 2.44 bits per heavy atom. The van der Waals surface area contributed by atoms with Crippen LogP contribution in [0.1, 0.15) is 12.5 Å². The molecule has 1 amide bonds. The molecule has 1 rings (SSSR count). The number of hydrogen-bond donors (Lipinski definition) is 1. The highest BCUT2D eigenvalue weighted by atomic mass is 16.5. The third kappa shape index (κ3) is 3.73. The highest BCUT2D eigenvalue weighted by Gasteiger charge is 2.17. The number of benzene rings is 1. The molecule has 4 heteroatoms. The second-order valence-corrected chi connectivity index (χ2v) is 3.49. The van der Waals surface area contributed by atoms with Crippen LogP contribution in [0.2, 0.25) is 0 Å². The fourth-order valence-electron chi connectivity index (χ4n) is 1.35. The number of alkyl carbamates (subject to hydrolysis) is 1. The van der Waals surface area contributed by atoms with Gasteiger partial charge in [0.15, 0.2) is 5.78 Å². The van der Waals surface area contributed by atoms with Crippen molar-refractivity contribution in [3.05, 3.63) is 35.9 Å². The fraction of sp³-hybridized carbons (Fsp3) is 0.333. The van der Waals surface area contributed by atoms with Crippen molar-refractivity contribution in [3.63, 3.8) is 0 Å². The van der Waals surface area contributed by atoms with Crippen molar-refractivity contribution >= 4 is 11.9 Å². The van der Waals surface area contributed by atoms with Crippen LogP contribution < -0.4 is 5.32 Å². The number of hydrogen-bond acceptors (Lipinski definition) is 3. The Labute approximate surface area is 94.6 Å². The first-order chi connectivity index (χ1) is 7.63. The van der Waals surface area contributed by atoms with E-state index < -0.39 is 12.1 Å². The van der Waals surface area contributed by atoms with Gasteiger partial charge in [0.1, 0.15) is 0 Å². The molecule has 0 bridgehead atoms. The Morgan fingerprint density at radius 2 is 1.94 bits per heavy atom. The molecule has 0 aromatic heterocycles. The number of amides is 1. The van der Waals surface area contributed by atoms with Crippen LogP contribution in [0.5, 0.6) is 0 Å². The van der Waals surface area contributed by atoms with Crippen molar-refractivity contribution in [1.29, 1.82) is 0 Å². The van der Waals surface area contributed by atoms with E-state index in [1.807, 2.05) is 30.3 Å². The average Bonchev–Trinajstić information content (AvgIpc) is 2.29. The summed E-state index contributed by atoms with van der Waals surface area (Å²) >= 11 is 0. The summed E-state index contributed by atoms with van der Waals surface area (Å²) in [6.45, 7) is 1.45. The van der Waals surface area contributed by atoms with Crippen molar-refractivity contribution in [2.45, 2.75) is 19.4 Å². The fourth-order valence-corrected chi connectivity index (χ4v) is 1.35. The van der Waals surface area contributed by atoms with Gasteiger partial charge in [-0.25, -0.2) is 4.79 Å². The topological polar surface area (TPSA) is 55.4 Å². The van der Waals surface area contributed by atoms with Crippen LogP contribution in [0.4, 0.5) is 4.79 Å². The molecule has 0 fully saturated rings. The maximum atomic E-state index is 11.3. The molecule has 16 heavy (non-hydrogen) atoms. The van der Waals surface area contributed by atoms with Gasteiger partial charge in [-0.05, 0) is 18.9 Å². The lowest BCUT2D eigenvalue weighted by atomic mass is 10.0. The van der Waals surface area contributed by atoms with Gasteiger partial charge in [-0.15, -0.1) is 0 Å². The summed E-state index contributed by atoms with van der Waals surface area (Å²) in [6.07, 6.45) is -0.109. The summed E-state index contributed by atoms with van der Waals surface area (Å²) in [5.74, 6) is -0.0887. The predicted molar refractivity (Wildman–Crippen MR) is 60.2 cm³/mol. The first-order valence-electron chi connectivity index (χ1n) is 5.02. The van der Waals surface area contributed by atoms with Crippen LogP contribution >= 0.6 is 0 Å². The highest BCUT2D eigenvalue weighted by molar-refractivity contribution is 5.85. The molecule has 1 aromatic rings. The molecule has 0 spiro atoms. The van der Waals surface area contributed by atoms with E-state index in [0.29, 0.717) is 6.42 Å². The van der Waals surface area contributed by atoms with Gasteiger partial charge in [-0.2, -0.15) is 0 Å². The number of rotatable bonds is 4. The largest absolute Gasteiger partial charge is 0.453 e. The van der Waals surface area contributed by atoms with Crippen molar-refractivity contribution in [2.24, 2.45) is 0 Å². The molecule has 1 aromatic carbocycles. The lowest BCUT2D eigenvalue weighted by molar-refractivity contribution is -0.118. The molecule has 0 saturated heterocycles. The molecule has 0 heterocycles. The minimum absolute atomic E-state index is 0.0887. The molecule has 86 valence electrons. The average molecular weight is 221 g/mol. The number of Topliss-reactive ketones (excluding diaryl/α,β-unsaturated/α-hetero) is 1. The summed E-state index contributed by atoms with van der Waals surface area (Å²) in [5.41, 5.74) is 0.999. The summed E-state index contributed by atoms with van der Waals surface area (Å²) in [6, 6.07) is 8.98. The predicted octanol–water partition coefficient (Wildman–Crippen LogP) is 1.54. The van der Waals surface area contributed by atoms with Gasteiger partial charge in [0, 0.05) is 0 Å². The maximum absolute atomic E-state index is 11.3. The van der Waals surface area contributed by atoms with Crippen LogP contribution in [0.3, 0.4) is 0 Å². The maximum Gasteiger partial charge on any atom is 0.407 e. The van der Waals surface area contributed by atoms with E-state index in [0.717, 1.165) is 5.56 Å². The number of carbonyl (C=O) groups excluding carboxylic acids is 2. The Balaban J connectivity index is 2.65. The third-order valence-corrected chi connectivity index (χ3v) is 2.25. The Hall–Kier alpha value is -1.84. The Bertz CT molecular complexity index is 362. The van der Waals surface area contributed by atoms with Gasteiger partial charge in [0.25, 0.3) is 0 Å². The van der Waals surface area contributed by atoms with E-state index in [2.05, 4.69) is 10.1 Å². The molecule has 0 radical (unpaired) electrons. The number of carbonyl (C=O) groups is 2. The van der Waals surface area contributed by atoms with Crippen LogP contribution in [0.15, 0.2) is 30.3 Å². The molecule has 0 aliphatic heterocycles. The first kappa shape index (κ1) is 12.2. The first-order valence-corrected chi connectivity index (χ1v) is 5.02. The van der Waals surface area contributed by atoms with Crippen LogP contribution in [-0.4, -0.2) is 25.0 Å². The molecular weight excluding hydrogens is 206 g/mol.